The van der Waals surface area contributed by atoms with Crippen molar-refractivity contribution in [1.82, 2.24) is 19.0 Å². The van der Waals surface area contributed by atoms with E-state index in [0.29, 0.717) is 22.8 Å². The first-order chi connectivity index (χ1) is 17.5. The van der Waals surface area contributed by atoms with Crippen LogP contribution in [-0.2, 0) is 19.6 Å². The Morgan fingerprint density at radius 3 is 2.30 bits per heavy atom. The number of sulfonamides is 1. The van der Waals surface area contributed by atoms with Crippen molar-refractivity contribution in [2.75, 3.05) is 80.7 Å². The minimum Gasteiger partial charge on any atom is -0.497 e. The van der Waals surface area contributed by atoms with Gasteiger partial charge in [0, 0.05) is 59.4 Å². The second-order valence-corrected chi connectivity index (χ2v) is 12.7. The first-order valence-corrected chi connectivity index (χ1v) is 14.8. The van der Waals surface area contributed by atoms with Crippen molar-refractivity contribution in [1.29, 1.82) is 0 Å². The van der Waals surface area contributed by atoms with Crippen molar-refractivity contribution < 1.29 is 22.7 Å². The summed E-state index contributed by atoms with van der Waals surface area (Å²) in [4.78, 5) is 20.0. The van der Waals surface area contributed by atoms with E-state index in [9.17, 15) is 13.2 Å². The van der Waals surface area contributed by atoms with Gasteiger partial charge in [0.2, 0.25) is 15.9 Å². The third-order valence-electron chi connectivity index (χ3n) is 7.96. The molecule has 1 saturated carbocycles. The van der Waals surface area contributed by atoms with Gasteiger partial charge in [0.15, 0.2) is 0 Å². The number of amides is 1. The number of benzene rings is 1. The molecule has 1 aliphatic heterocycles. The van der Waals surface area contributed by atoms with Gasteiger partial charge in [-0.3, -0.25) is 4.79 Å². The maximum atomic E-state index is 13.2. The van der Waals surface area contributed by atoms with Crippen LogP contribution < -0.4 is 4.74 Å². The molecule has 210 valence electrons. The van der Waals surface area contributed by atoms with Crippen LogP contribution in [-0.4, -0.2) is 120 Å². The molecule has 2 aliphatic rings. The Balaban J connectivity index is 1.49. The van der Waals surface area contributed by atoms with Crippen LogP contribution in [0.4, 0.5) is 0 Å². The van der Waals surface area contributed by atoms with E-state index in [1.54, 1.807) is 40.1 Å². The molecular formula is C27H46N4O5S. The first kappa shape index (κ1) is 29.8. The SMILES string of the molecule is COc1cc(C)c(S(=O)(=O)N(C)CCOCC(=O)N(C)[C@H]2CCCCC2CN2CCN(C)CC2)c(C)c1. The number of hydrogen-bond donors (Lipinski definition) is 0. The average molecular weight is 539 g/mol. The standard InChI is InChI=1S/C27H46N4O5S/c1-21-17-24(35-6)18-22(2)27(21)37(33,34)29(4)15-16-36-20-26(32)30(5)25-10-8-7-9-23(25)19-31-13-11-28(3)12-14-31/h17-18,23,25H,7-16,19-20H2,1-6H3/t23?,25-/m0/s1. The fraction of sp³-hybridized carbons (Fsp3) is 0.741. The zero-order valence-electron chi connectivity index (χ0n) is 23.5. The lowest BCUT2D eigenvalue weighted by atomic mass is 9.83. The number of nitrogens with zero attached hydrogens (tertiary/aromatic N) is 4. The summed E-state index contributed by atoms with van der Waals surface area (Å²) in [6.45, 7) is 9.24. The summed E-state index contributed by atoms with van der Waals surface area (Å²) in [7, 11) is 3.48. The van der Waals surface area contributed by atoms with Gasteiger partial charge in [-0.05, 0) is 62.9 Å². The van der Waals surface area contributed by atoms with Crippen molar-refractivity contribution in [3.8, 4) is 5.75 Å². The number of rotatable bonds is 11. The maximum Gasteiger partial charge on any atom is 0.248 e. The largest absolute Gasteiger partial charge is 0.497 e. The van der Waals surface area contributed by atoms with Gasteiger partial charge in [-0.1, -0.05) is 12.8 Å². The van der Waals surface area contributed by atoms with E-state index in [1.807, 2.05) is 11.9 Å². The Kier molecular flexibility index (Phi) is 10.8. The van der Waals surface area contributed by atoms with Gasteiger partial charge in [0.1, 0.15) is 12.4 Å². The van der Waals surface area contributed by atoms with Crippen molar-refractivity contribution >= 4 is 15.9 Å². The molecule has 3 rings (SSSR count). The van der Waals surface area contributed by atoms with Crippen LogP contribution in [0.3, 0.4) is 0 Å². The minimum absolute atomic E-state index is 0.0390. The van der Waals surface area contributed by atoms with Crippen molar-refractivity contribution in [2.24, 2.45) is 5.92 Å². The zero-order chi connectivity index (χ0) is 27.2. The molecule has 1 heterocycles. The number of aryl methyl sites for hydroxylation is 2. The van der Waals surface area contributed by atoms with Gasteiger partial charge in [-0.15, -0.1) is 0 Å². The summed E-state index contributed by atoms with van der Waals surface area (Å²) >= 11 is 0. The second-order valence-electron chi connectivity index (χ2n) is 10.7. The Labute approximate surface area is 223 Å². The molecule has 1 aromatic rings. The molecule has 1 unspecified atom stereocenters. The van der Waals surface area contributed by atoms with Gasteiger partial charge >= 0.3 is 0 Å². The number of carbonyl (C=O) groups excluding carboxylic acids is 1. The average Bonchev–Trinajstić information content (AvgIpc) is 2.86. The van der Waals surface area contributed by atoms with Crippen molar-refractivity contribution in [3.05, 3.63) is 23.3 Å². The Morgan fingerprint density at radius 2 is 1.68 bits per heavy atom. The van der Waals surface area contributed by atoms with Crippen LogP contribution in [0.25, 0.3) is 0 Å². The van der Waals surface area contributed by atoms with E-state index < -0.39 is 10.0 Å². The monoisotopic (exact) mass is 538 g/mol. The van der Waals surface area contributed by atoms with E-state index in [-0.39, 0.29) is 36.6 Å². The van der Waals surface area contributed by atoms with E-state index >= 15 is 0 Å². The molecule has 1 amide bonds. The van der Waals surface area contributed by atoms with Crippen LogP contribution in [0.15, 0.2) is 17.0 Å². The predicted molar refractivity (Wildman–Crippen MR) is 146 cm³/mol. The summed E-state index contributed by atoms with van der Waals surface area (Å²) in [5.74, 6) is 1.08. The highest BCUT2D eigenvalue weighted by Crippen LogP contribution is 2.30. The smallest absolute Gasteiger partial charge is 0.248 e. The second kappa shape index (κ2) is 13.4. The number of ether oxygens (including phenoxy) is 2. The molecule has 0 radical (unpaired) electrons. The lowest BCUT2D eigenvalue weighted by Crippen LogP contribution is -2.51. The summed E-state index contributed by atoms with van der Waals surface area (Å²) in [5, 5.41) is 0. The molecule has 0 spiro atoms. The van der Waals surface area contributed by atoms with Gasteiger partial charge in [0.05, 0.1) is 18.6 Å². The summed E-state index contributed by atoms with van der Waals surface area (Å²) in [6.07, 6.45) is 4.56. The van der Waals surface area contributed by atoms with Gasteiger partial charge < -0.3 is 24.2 Å². The fourth-order valence-corrected chi connectivity index (χ4v) is 7.18. The molecule has 2 fully saturated rings. The van der Waals surface area contributed by atoms with Gasteiger partial charge in [0.25, 0.3) is 0 Å². The molecule has 0 bridgehead atoms. The zero-order valence-corrected chi connectivity index (χ0v) is 24.3. The topological polar surface area (TPSA) is 82.6 Å². The number of hydrogen-bond acceptors (Lipinski definition) is 7. The lowest BCUT2D eigenvalue weighted by molar-refractivity contribution is -0.139. The first-order valence-electron chi connectivity index (χ1n) is 13.4. The molecule has 0 aromatic heterocycles. The Bertz CT molecular complexity index is 987. The normalized spacial score (nSPS) is 21.8. The molecule has 1 saturated heterocycles. The third kappa shape index (κ3) is 7.66. The Hall–Kier alpha value is -1.72. The van der Waals surface area contributed by atoms with Crippen LogP contribution >= 0.6 is 0 Å². The number of carbonyl (C=O) groups is 1. The third-order valence-corrected chi connectivity index (χ3v) is 10.1. The van der Waals surface area contributed by atoms with Crippen LogP contribution in [0.1, 0.15) is 36.8 Å². The highest BCUT2D eigenvalue weighted by Gasteiger charge is 2.32. The van der Waals surface area contributed by atoms with Crippen LogP contribution in [0.5, 0.6) is 5.75 Å². The minimum atomic E-state index is -3.69. The predicted octanol–water partition coefficient (Wildman–Crippen LogP) is 2.21. The van der Waals surface area contributed by atoms with Crippen LogP contribution in [0.2, 0.25) is 0 Å². The number of piperazine rings is 1. The number of methoxy groups -OCH3 is 1. The molecule has 1 aromatic carbocycles. The molecule has 9 nitrogen and oxygen atoms in total. The quantitative estimate of drug-likeness (QED) is 0.400. The maximum absolute atomic E-state index is 13.2. The fourth-order valence-electron chi connectivity index (χ4n) is 5.62. The summed E-state index contributed by atoms with van der Waals surface area (Å²) in [6, 6.07) is 3.68. The van der Waals surface area contributed by atoms with Gasteiger partial charge in [-0.2, -0.15) is 4.31 Å². The summed E-state index contributed by atoms with van der Waals surface area (Å²) in [5.41, 5.74) is 1.28. The lowest BCUT2D eigenvalue weighted by Gasteiger charge is -2.42. The van der Waals surface area contributed by atoms with E-state index in [0.717, 1.165) is 52.0 Å². The Morgan fingerprint density at radius 1 is 1.05 bits per heavy atom. The van der Waals surface area contributed by atoms with E-state index in [1.165, 1.54) is 10.7 Å². The summed E-state index contributed by atoms with van der Waals surface area (Å²) < 4.78 is 38.6. The highest BCUT2D eigenvalue weighted by atomic mass is 32.2. The molecule has 37 heavy (non-hydrogen) atoms. The molecule has 2 atom stereocenters. The van der Waals surface area contributed by atoms with E-state index in [2.05, 4.69) is 16.8 Å². The van der Waals surface area contributed by atoms with E-state index in [4.69, 9.17) is 9.47 Å². The van der Waals surface area contributed by atoms with Crippen LogP contribution in [0, 0.1) is 19.8 Å². The molecule has 10 heteroatoms. The number of likely N-dealkylation sites (N-methyl/N-ethyl adjacent to an activating group) is 3. The molecule has 0 N–H and O–H groups in total. The molecule has 1 aliphatic carbocycles. The molecular weight excluding hydrogens is 492 g/mol. The van der Waals surface area contributed by atoms with Crippen molar-refractivity contribution in [2.45, 2.75) is 50.5 Å². The van der Waals surface area contributed by atoms with Crippen molar-refractivity contribution in [3.63, 3.8) is 0 Å². The van der Waals surface area contributed by atoms with Gasteiger partial charge in [-0.25, -0.2) is 8.42 Å². The highest BCUT2D eigenvalue weighted by molar-refractivity contribution is 7.89.